The number of H-pyrrole nitrogens is 2. The van der Waals surface area contributed by atoms with Crippen molar-refractivity contribution in [3.8, 4) is 0 Å². The summed E-state index contributed by atoms with van der Waals surface area (Å²) in [7, 11) is 0. The maximum absolute atomic E-state index is 4.46. The highest BCUT2D eigenvalue weighted by molar-refractivity contribution is 5.79. The molecule has 4 rings (SSSR count). The largest absolute Gasteiger partial charge is 0.348 e. The number of rotatable bonds is 8. The Morgan fingerprint density at radius 3 is 2.03 bits per heavy atom. The van der Waals surface area contributed by atoms with E-state index in [9.17, 15) is 0 Å². The van der Waals surface area contributed by atoms with Crippen LogP contribution in [0.5, 0.6) is 0 Å². The number of nitrogens with one attached hydrogen (secondary N) is 5. The molecule has 156 valence electrons. The molecular formula is C20H21N11. The molecule has 0 radical (unpaired) electrons. The fourth-order valence-corrected chi connectivity index (χ4v) is 2.60. The molecule has 0 unspecified atom stereocenters. The molecule has 11 heteroatoms. The fraction of sp³-hybridized carbons (Fsp3) is 0.100. The fourth-order valence-electron chi connectivity index (χ4n) is 2.60. The second kappa shape index (κ2) is 9.31. The van der Waals surface area contributed by atoms with Crippen LogP contribution in [-0.2, 0) is 0 Å². The highest BCUT2D eigenvalue weighted by atomic mass is 15.4. The SMILES string of the molecule is Cc1[nH]cnc1C=NNc1cc(Nc2ccccc2)nc(NN=Cc2nc[nH]c2C)n1. The Morgan fingerprint density at radius 2 is 1.42 bits per heavy atom. The van der Waals surface area contributed by atoms with Gasteiger partial charge in [-0.2, -0.15) is 20.2 Å². The van der Waals surface area contributed by atoms with E-state index in [2.05, 4.69) is 56.3 Å². The van der Waals surface area contributed by atoms with E-state index in [1.807, 2.05) is 44.2 Å². The van der Waals surface area contributed by atoms with Crippen LogP contribution in [0, 0.1) is 13.8 Å². The van der Waals surface area contributed by atoms with Crippen molar-refractivity contribution in [1.29, 1.82) is 0 Å². The smallest absolute Gasteiger partial charge is 0.247 e. The highest BCUT2D eigenvalue weighted by Crippen LogP contribution is 2.19. The van der Waals surface area contributed by atoms with Gasteiger partial charge in [-0.3, -0.25) is 5.43 Å². The third-order valence-corrected chi connectivity index (χ3v) is 4.23. The van der Waals surface area contributed by atoms with Gasteiger partial charge < -0.3 is 15.3 Å². The van der Waals surface area contributed by atoms with Crippen molar-refractivity contribution in [3.63, 3.8) is 0 Å². The predicted molar refractivity (Wildman–Crippen MR) is 121 cm³/mol. The number of benzene rings is 1. The lowest BCUT2D eigenvalue weighted by atomic mass is 10.3. The van der Waals surface area contributed by atoms with E-state index in [4.69, 9.17) is 0 Å². The van der Waals surface area contributed by atoms with Crippen LogP contribution in [0.4, 0.5) is 23.3 Å². The molecule has 1 aromatic carbocycles. The summed E-state index contributed by atoms with van der Waals surface area (Å²) in [5.41, 5.74) is 9.93. The lowest BCUT2D eigenvalue weighted by Gasteiger charge is -2.09. The van der Waals surface area contributed by atoms with Crippen LogP contribution >= 0.6 is 0 Å². The summed E-state index contributed by atoms with van der Waals surface area (Å²) in [6.45, 7) is 3.83. The van der Waals surface area contributed by atoms with E-state index < -0.39 is 0 Å². The Morgan fingerprint density at radius 1 is 0.806 bits per heavy atom. The second-order valence-electron chi connectivity index (χ2n) is 6.52. The first-order valence-electron chi connectivity index (χ1n) is 9.46. The zero-order chi connectivity index (χ0) is 21.5. The van der Waals surface area contributed by atoms with Crippen LogP contribution in [0.15, 0.2) is 59.3 Å². The summed E-state index contributed by atoms with van der Waals surface area (Å²) in [4.78, 5) is 23.2. The van der Waals surface area contributed by atoms with Gasteiger partial charge in [-0.1, -0.05) is 18.2 Å². The zero-order valence-corrected chi connectivity index (χ0v) is 17.0. The summed E-state index contributed by atoms with van der Waals surface area (Å²) in [5.74, 6) is 1.34. The molecule has 11 nitrogen and oxygen atoms in total. The topological polar surface area (TPSA) is 144 Å². The van der Waals surface area contributed by atoms with Crippen molar-refractivity contribution in [1.82, 2.24) is 29.9 Å². The number of hydrazone groups is 2. The molecular weight excluding hydrogens is 394 g/mol. The summed E-state index contributed by atoms with van der Waals surface area (Å²) in [6, 6.07) is 11.5. The minimum atomic E-state index is 0.291. The molecule has 0 bridgehead atoms. The number of aromatic nitrogens is 6. The van der Waals surface area contributed by atoms with Gasteiger partial charge in [0.25, 0.3) is 0 Å². The Hall–Kier alpha value is -4.54. The predicted octanol–water partition coefficient (Wildman–Crippen LogP) is 3.18. The average molecular weight is 415 g/mol. The lowest BCUT2D eigenvalue weighted by Crippen LogP contribution is -2.04. The van der Waals surface area contributed by atoms with Crippen molar-refractivity contribution in [2.75, 3.05) is 16.2 Å². The molecule has 0 fully saturated rings. The van der Waals surface area contributed by atoms with Crippen molar-refractivity contribution in [3.05, 3.63) is 71.8 Å². The lowest BCUT2D eigenvalue weighted by molar-refractivity contribution is 1.10. The molecule has 3 aromatic heterocycles. The molecule has 0 saturated carbocycles. The van der Waals surface area contributed by atoms with Crippen LogP contribution in [0.25, 0.3) is 0 Å². The Labute approximate surface area is 178 Å². The van der Waals surface area contributed by atoms with Gasteiger partial charge in [0.2, 0.25) is 5.95 Å². The van der Waals surface area contributed by atoms with Crippen LogP contribution in [0.2, 0.25) is 0 Å². The summed E-state index contributed by atoms with van der Waals surface area (Å²) in [6.07, 6.45) is 6.44. The molecule has 31 heavy (non-hydrogen) atoms. The molecule has 0 aliphatic carbocycles. The summed E-state index contributed by atoms with van der Waals surface area (Å²) >= 11 is 0. The minimum Gasteiger partial charge on any atom is -0.348 e. The van der Waals surface area contributed by atoms with Gasteiger partial charge in [0, 0.05) is 23.1 Å². The van der Waals surface area contributed by atoms with Crippen LogP contribution < -0.4 is 16.2 Å². The van der Waals surface area contributed by atoms with Crippen molar-refractivity contribution >= 4 is 35.7 Å². The number of imidazole rings is 2. The molecule has 5 N–H and O–H groups in total. The Kier molecular flexibility index (Phi) is 5.93. The third kappa shape index (κ3) is 5.29. The molecule has 0 aliphatic rings. The molecule has 3 heterocycles. The van der Waals surface area contributed by atoms with Crippen molar-refractivity contribution in [2.24, 2.45) is 10.2 Å². The number of hydrogen-bond acceptors (Lipinski definition) is 9. The van der Waals surface area contributed by atoms with E-state index in [1.54, 1.807) is 31.2 Å². The van der Waals surface area contributed by atoms with E-state index >= 15 is 0 Å². The van der Waals surface area contributed by atoms with Crippen molar-refractivity contribution < 1.29 is 0 Å². The molecule has 4 aromatic rings. The van der Waals surface area contributed by atoms with E-state index in [0.717, 1.165) is 28.5 Å². The van der Waals surface area contributed by atoms with E-state index in [1.165, 1.54) is 0 Å². The third-order valence-electron chi connectivity index (χ3n) is 4.23. The van der Waals surface area contributed by atoms with Gasteiger partial charge in [0.15, 0.2) is 5.82 Å². The molecule has 0 amide bonds. The number of aryl methyl sites for hydroxylation is 2. The van der Waals surface area contributed by atoms with Crippen LogP contribution in [-0.4, -0.2) is 42.3 Å². The Balaban J connectivity index is 1.54. The number of anilines is 4. The summed E-state index contributed by atoms with van der Waals surface area (Å²) in [5, 5.41) is 11.6. The van der Waals surface area contributed by atoms with Gasteiger partial charge in [0.1, 0.15) is 17.2 Å². The minimum absolute atomic E-state index is 0.291. The van der Waals surface area contributed by atoms with Gasteiger partial charge in [-0.05, 0) is 26.0 Å². The first kappa shape index (κ1) is 19.8. The van der Waals surface area contributed by atoms with Crippen molar-refractivity contribution in [2.45, 2.75) is 13.8 Å². The first-order chi connectivity index (χ1) is 15.2. The quantitative estimate of drug-likeness (QED) is 0.220. The summed E-state index contributed by atoms with van der Waals surface area (Å²) < 4.78 is 0. The Bertz CT molecular complexity index is 1120. The zero-order valence-electron chi connectivity index (χ0n) is 17.0. The van der Waals surface area contributed by atoms with Gasteiger partial charge in [-0.25, -0.2) is 15.4 Å². The van der Waals surface area contributed by atoms with Gasteiger partial charge in [0.05, 0.1) is 25.1 Å². The second-order valence-corrected chi connectivity index (χ2v) is 6.52. The normalized spacial score (nSPS) is 11.3. The maximum Gasteiger partial charge on any atom is 0.247 e. The van der Waals surface area contributed by atoms with Gasteiger partial charge >= 0.3 is 0 Å². The van der Waals surface area contributed by atoms with Crippen LogP contribution in [0.3, 0.4) is 0 Å². The molecule has 0 saturated heterocycles. The number of nitrogens with zero attached hydrogens (tertiary/aromatic N) is 6. The number of aromatic amines is 2. The molecule has 0 spiro atoms. The van der Waals surface area contributed by atoms with E-state index in [-0.39, 0.29) is 0 Å². The van der Waals surface area contributed by atoms with E-state index in [0.29, 0.717) is 17.6 Å². The standard InChI is InChI=1S/C20H21N11/c1-13-16(23-11-21-13)9-25-30-19-8-18(27-15-6-4-3-5-7-15)28-20(29-19)31-26-10-17-14(2)22-12-24-17/h3-12H,1-2H3,(H,21,23)(H,22,24)(H3,27,28,29,30,31). The highest BCUT2D eigenvalue weighted by Gasteiger charge is 2.05. The first-order valence-corrected chi connectivity index (χ1v) is 9.46. The molecule has 0 atom stereocenters. The van der Waals surface area contributed by atoms with Gasteiger partial charge in [-0.15, -0.1) is 0 Å². The molecule has 0 aliphatic heterocycles. The van der Waals surface area contributed by atoms with Crippen LogP contribution in [0.1, 0.15) is 22.8 Å². The average Bonchev–Trinajstić information content (AvgIpc) is 3.37. The number of para-hydroxylation sites is 1. The number of hydrogen-bond donors (Lipinski definition) is 5. The maximum atomic E-state index is 4.46. The monoisotopic (exact) mass is 415 g/mol.